The fourth-order valence-electron chi connectivity index (χ4n) is 1.43. The molecule has 2 rings (SSSR count). The van der Waals surface area contributed by atoms with Crippen molar-refractivity contribution in [1.82, 2.24) is 14.3 Å². The van der Waals surface area contributed by atoms with Crippen LogP contribution in [0.15, 0.2) is 0 Å². The van der Waals surface area contributed by atoms with Crippen molar-refractivity contribution in [3.63, 3.8) is 0 Å². The molecule has 0 bridgehead atoms. The van der Waals surface area contributed by atoms with Crippen molar-refractivity contribution in [2.45, 2.75) is 19.8 Å². The second-order valence-electron chi connectivity index (χ2n) is 3.37. The molecule has 1 aromatic heterocycles. The molecule has 1 aromatic rings. The number of amides is 1. The molecule has 0 N–H and O–H groups in total. The molecule has 5 heteroatoms. The minimum absolute atomic E-state index is 0.206. The number of likely N-dealkylation sites (tertiary alicyclic amines) is 1. The van der Waals surface area contributed by atoms with Crippen LogP contribution in [0.4, 0.5) is 0 Å². The maximum atomic E-state index is 11.3. The maximum absolute atomic E-state index is 11.3. The molecule has 1 saturated heterocycles. The van der Waals surface area contributed by atoms with Gasteiger partial charge in [0.15, 0.2) is 5.01 Å². The van der Waals surface area contributed by atoms with E-state index in [1.165, 1.54) is 11.5 Å². The average molecular weight is 221 g/mol. The molecule has 15 heavy (non-hydrogen) atoms. The number of hydrogen-bond acceptors (Lipinski definition) is 4. The summed E-state index contributed by atoms with van der Waals surface area (Å²) in [6, 6.07) is 0. The van der Waals surface area contributed by atoms with E-state index >= 15 is 0 Å². The molecule has 1 fully saturated rings. The van der Waals surface area contributed by atoms with Crippen molar-refractivity contribution in [3.05, 3.63) is 10.8 Å². The largest absolute Gasteiger partial charge is 0.332 e. The van der Waals surface area contributed by atoms with Crippen molar-refractivity contribution in [2.75, 3.05) is 13.1 Å². The molecule has 0 saturated carbocycles. The summed E-state index contributed by atoms with van der Waals surface area (Å²) in [4.78, 5) is 17.2. The van der Waals surface area contributed by atoms with E-state index in [1.54, 1.807) is 4.90 Å². The molecule has 1 aliphatic heterocycles. The van der Waals surface area contributed by atoms with E-state index in [9.17, 15) is 4.79 Å². The lowest BCUT2D eigenvalue weighted by molar-refractivity contribution is -0.127. The monoisotopic (exact) mass is 221 g/mol. The summed E-state index contributed by atoms with van der Waals surface area (Å²) in [5.74, 6) is 6.82. The Morgan fingerprint density at radius 2 is 2.47 bits per heavy atom. The van der Waals surface area contributed by atoms with E-state index in [2.05, 4.69) is 21.2 Å². The molecular formula is C10H11N3OS. The SMILES string of the molecule is Cc1nsc(C#CCN2CCCC2=O)n1. The highest BCUT2D eigenvalue weighted by Gasteiger charge is 2.18. The number of carbonyl (C=O) groups is 1. The molecule has 78 valence electrons. The summed E-state index contributed by atoms with van der Waals surface area (Å²) in [6.07, 6.45) is 1.62. The van der Waals surface area contributed by atoms with Gasteiger partial charge in [-0.2, -0.15) is 4.37 Å². The summed E-state index contributed by atoms with van der Waals surface area (Å²) in [5, 5.41) is 0.721. The highest BCUT2D eigenvalue weighted by Crippen LogP contribution is 2.08. The lowest BCUT2D eigenvalue weighted by Crippen LogP contribution is -2.24. The van der Waals surface area contributed by atoms with Gasteiger partial charge in [0.25, 0.3) is 0 Å². The highest BCUT2D eigenvalue weighted by atomic mass is 32.1. The standard InChI is InChI=1S/C10H11N3OS/c1-8-11-9(15-12-8)4-2-6-13-7-3-5-10(13)14/h3,5-7H2,1H3. The van der Waals surface area contributed by atoms with E-state index in [-0.39, 0.29) is 5.91 Å². The van der Waals surface area contributed by atoms with Crippen LogP contribution < -0.4 is 0 Å². The molecule has 0 aliphatic carbocycles. The highest BCUT2D eigenvalue weighted by molar-refractivity contribution is 7.06. The minimum atomic E-state index is 0.206. The lowest BCUT2D eigenvalue weighted by Gasteiger charge is -2.09. The lowest BCUT2D eigenvalue weighted by atomic mass is 10.4. The molecule has 0 spiro atoms. The quantitative estimate of drug-likeness (QED) is 0.660. The summed E-state index contributed by atoms with van der Waals surface area (Å²) in [5.41, 5.74) is 0. The number of carbonyl (C=O) groups excluding carboxylic acids is 1. The molecule has 2 heterocycles. The Labute approximate surface area is 92.5 Å². The van der Waals surface area contributed by atoms with Gasteiger partial charge in [0, 0.05) is 13.0 Å². The third-order valence-electron chi connectivity index (χ3n) is 2.16. The predicted molar refractivity (Wildman–Crippen MR) is 57.3 cm³/mol. The molecule has 1 aliphatic rings. The van der Waals surface area contributed by atoms with Crippen LogP contribution in [0, 0.1) is 18.8 Å². The van der Waals surface area contributed by atoms with Gasteiger partial charge < -0.3 is 4.90 Å². The van der Waals surface area contributed by atoms with E-state index in [1.807, 2.05) is 6.92 Å². The second-order valence-corrected chi connectivity index (χ2v) is 4.12. The number of aromatic nitrogens is 2. The molecule has 1 amide bonds. The van der Waals surface area contributed by atoms with Crippen LogP contribution >= 0.6 is 11.5 Å². The van der Waals surface area contributed by atoms with Gasteiger partial charge in [-0.25, -0.2) is 4.98 Å². The number of hydrogen-bond donors (Lipinski definition) is 0. The van der Waals surface area contributed by atoms with E-state index in [4.69, 9.17) is 0 Å². The summed E-state index contributed by atoms with van der Waals surface area (Å²) >= 11 is 1.29. The Bertz CT molecular complexity index is 429. The fourth-order valence-corrected chi connectivity index (χ4v) is 1.98. The van der Waals surface area contributed by atoms with Gasteiger partial charge in [-0.15, -0.1) is 0 Å². The molecule has 0 radical (unpaired) electrons. The first-order chi connectivity index (χ1) is 7.25. The third-order valence-corrected chi connectivity index (χ3v) is 2.89. The predicted octanol–water partition coefficient (Wildman–Crippen LogP) is 0.820. The smallest absolute Gasteiger partial charge is 0.223 e. The number of nitrogens with zero attached hydrogens (tertiary/aromatic N) is 3. The Morgan fingerprint density at radius 3 is 3.07 bits per heavy atom. The van der Waals surface area contributed by atoms with Gasteiger partial charge in [0.1, 0.15) is 5.82 Å². The molecule has 4 nitrogen and oxygen atoms in total. The van der Waals surface area contributed by atoms with Crippen LogP contribution in [-0.4, -0.2) is 33.3 Å². The summed E-state index contributed by atoms with van der Waals surface area (Å²) in [7, 11) is 0. The van der Waals surface area contributed by atoms with Crippen LogP contribution in [0.25, 0.3) is 0 Å². The summed E-state index contributed by atoms with van der Waals surface area (Å²) < 4.78 is 4.03. The van der Waals surface area contributed by atoms with E-state index < -0.39 is 0 Å². The Hall–Kier alpha value is -1.41. The molecule has 0 atom stereocenters. The van der Waals surface area contributed by atoms with Gasteiger partial charge in [-0.3, -0.25) is 4.79 Å². The first-order valence-electron chi connectivity index (χ1n) is 4.82. The minimum Gasteiger partial charge on any atom is -0.332 e. The fraction of sp³-hybridized carbons (Fsp3) is 0.500. The van der Waals surface area contributed by atoms with Crippen molar-refractivity contribution in [3.8, 4) is 11.8 Å². The Kier molecular flexibility index (Phi) is 2.97. The second kappa shape index (κ2) is 4.41. The topological polar surface area (TPSA) is 46.1 Å². The van der Waals surface area contributed by atoms with Crippen LogP contribution in [0.3, 0.4) is 0 Å². The van der Waals surface area contributed by atoms with Crippen LogP contribution in [-0.2, 0) is 4.79 Å². The molecule has 0 unspecified atom stereocenters. The maximum Gasteiger partial charge on any atom is 0.223 e. The summed E-state index contributed by atoms with van der Waals surface area (Å²) in [6.45, 7) is 3.19. The van der Waals surface area contributed by atoms with Crippen molar-refractivity contribution in [1.29, 1.82) is 0 Å². The van der Waals surface area contributed by atoms with Crippen LogP contribution in [0.5, 0.6) is 0 Å². The van der Waals surface area contributed by atoms with Gasteiger partial charge in [0.05, 0.1) is 6.54 Å². The van der Waals surface area contributed by atoms with Crippen molar-refractivity contribution in [2.24, 2.45) is 0 Å². The Balaban J connectivity index is 1.92. The zero-order valence-electron chi connectivity index (χ0n) is 8.49. The zero-order chi connectivity index (χ0) is 10.7. The average Bonchev–Trinajstić information content (AvgIpc) is 2.77. The first-order valence-corrected chi connectivity index (χ1v) is 5.60. The van der Waals surface area contributed by atoms with Gasteiger partial charge >= 0.3 is 0 Å². The third kappa shape index (κ3) is 2.54. The Morgan fingerprint density at radius 1 is 1.60 bits per heavy atom. The van der Waals surface area contributed by atoms with Crippen LogP contribution in [0.2, 0.25) is 0 Å². The molecule has 0 aromatic carbocycles. The zero-order valence-corrected chi connectivity index (χ0v) is 9.30. The van der Waals surface area contributed by atoms with Gasteiger partial charge in [-0.05, 0) is 30.8 Å². The normalized spacial score (nSPS) is 15.3. The van der Waals surface area contributed by atoms with Crippen molar-refractivity contribution < 1.29 is 4.79 Å². The van der Waals surface area contributed by atoms with Gasteiger partial charge in [0.2, 0.25) is 5.91 Å². The van der Waals surface area contributed by atoms with Crippen molar-refractivity contribution >= 4 is 17.4 Å². The molecular weight excluding hydrogens is 210 g/mol. The number of rotatable bonds is 1. The van der Waals surface area contributed by atoms with E-state index in [0.29, 0.717) is 13.0 Å². The first kappa shape index (κ1) is 10.1. The van der Waals surface area contributed by atoms with E-state index in [0.717, 1.165) is 23.8 Å². The van der Waals surface area contributed by atoms with Crippen LogP contribution in [0.1, 0.15) is 23.7 Å². The van der Waals surface area contributed by atoms with Gasteiger partial charge in [-0.1, -0.05) is 5.92 Å². The number of aryl methyl sites for hydroxylation is 1.